The summed E-state index contributed by atoms with van der Waals surface area (Å²) in [5, 5.41) is 28.8. The van der Waals surface area contributed by atoms with Crippen molar-refractivity contribution in [3.63, 3.8) is 0 Å². The summed E-state index contributed by atoms with van der Waals surface area (Å²) in [6.07, 6.45) is 6.08. The van der Waals surface area contributed by atoms with E-state index in [2.05, 4.69) is 0 Å². The molecule has 5 nitrogen and oxygen atoms in total. The van der Waals surface area contributed by atoms with E-state index in [1.807, 2.05) is 30.4 Å². The lowest BCUT2D eigenvalue weighted by atomic mass is 9.90. The molecule has 28 heavy (non-hydrogen) atoms. The van der Waals surface area contributed by atoms with Crippen molar-refractivity contribution in [3.05, 3.63) is 54.6 Å². The van der Waals surface area contributed by atoms with E-state index in [0.717, 1.165) is 0 Å². The molecule has 0 saturated heterocycles. The molecule has 1 aliphatic carbocycles. The number of hydrogen-bond donors (Lipinski definition) is 3. The minimum atomic E-state index is -1.11. The molecule has 0 amide bonds. The highest BCUT2D eigenvalue weighted by molar-refractivity contribution is 5.66. The van der Waals surface area contributed by atoms with Gasteiger partial charge in [0, 0.05) is 24.7 Å². The van der Waals surface area contributed by atoms with Gasteiger partial charge in [0.1, 0.15) is 24.6 Å². The first-order chi connectivity index (χ1) is 13.5. The van der Waals surface area contributed by atoms with Gasteiger partial charge in [-0.1, -0.05) is 42.5 Å². The van der Waals surface area contributed by atoms with Crippen molar-refractivity contribution in [1.29, 1.82) is 0 Å². The Balaban J connectivity index is 1.82. The van der Waals surface area contributed by atoms with Crippen LogP contribution in [0.25, 0.3) is 0 Å². The summed E-state index contributed by atoms with van der Waals surface area (Å²) in [6, 6.07) is 9.15. The fourth-order valence-corrected chi connectivity index (χ4v) is 3.42. The number of aliphatic hydroxyl groups excluding tert-OH is 2. The molecular weight excluding hydrogens is 363 g/mol. The lowest BCUT2D eigenvalue weighted by Crippen LogP contribution is -2.20. The monoisotopic (exact) mass is 392 g/mol. The van der Waals surface area contributed by atoms with Crippen LogP contribution in [0, 0.1) is 11.8 Å². The second-order valence-corrected chi connectivity index (χ2v) is 7.13. The summed E-state index contributed by atoms with van der Waals surface area (Å²) >= 11 is 0. The highest BCUT2D eigenvalue weighted by atomic mass is 19.1. The fraction of sp³-hybridized carbons (Fsp3) is 0.500. The van der Waals surface area contributed by atoms with Crippen LogP contribution in [0.2, 0.25) is 0 Å². The van der Waals surface area contributed by atoms with Crippen LogP contribution in [0.15, 0.2) is 54.6 Å². The van der Waals surface area contributed by atoms with Crippen LogP contribution < -0.4 is 4.74 Å². The second-order valence-electron chi connectivity index (χ2n) is 7.13. The maximum absolute atomic E-state index is 14.3. The second kappa shape index (κ2) is 11.6. The van der Waals surface area contributed by atoms with Gasteiger partial charge in [0.05, 0.1) is 6.10 Å². The maximum atomic E-state index is 14.3. The number of carboxylic acid groups (broad SMARTS) is 1. The number of alkyl halides is 1. The molecule has 1 aliphatic rings. The first kappa shape index (κ1) is 22.1. The molecule has 0 heterocycles. The molecule has 0 spiro atoms. The lowest BCUT2D eigenvalue weighted by Gasteiger charge is -2.19. The Morgan fingerprint density at radius 2 is 2.04 bits per heavy atom. The van der Waals surface area contributed by atoms with Crippen molar-refractivity contribution in [2.75, 3.05) is 6.61 Å². The molecule has 1 aromatic rings. The molecule has 1 fully saturated rings. The Kier molecular flexibility index (Phi) is 9.17. The number of carbonyl (C=O) groups is 1. The Morgan fingerprint density at radius 3 is 2.75 bits per heavy atom. The zero-order chi connectivity index (χ0) is 20.4. The number of hydrogen-bond acceptors (Lipinski definition) is 4. The van der Waals surface area contributed by atoms with Gasteiger partial charge < -0.3 is 20.1 Å². The number of halogens is 1. The van der Waals surface area contributed by atoms with Crippen molar-refractivity contribution < 1.29 is 29.2 Å². The number of carboxylic acids is 1. The minimum absolute atomic E-state index is 0.0799. The largest absolute Gasteiger partial charge is 0.491 e. The molecule has 6 heteroatoms. The van der Waals surface area contributed by atoms with Gasteiger partial charge in [0.25, 0.3) is 0 Å². The van der Waals surface area contributed by atoms with E-state index in [1.165, 1.54) is 0 Å². The summed E-state index contributed by atoms with van der Waals surface area (Å²) in [5.74, 6) is -0.893. The average molecular weight is 392 g/mol. The zero-order valence-electron chi connectivity index (χ0n) is 15.9. The molecule has 1 saturated carbocycles. The standard InChI is InChI=1S/C22H29FO5/c23-20-14-21(25)19(18(20)10-6-1-2-7-11-22(26)27)13-12-16(24)15-28-17-8-4-3-5-9-17/h1,3-6,8-9,12-13,16,18-21,24-25H,2,7,10-11,14-15H2,(H,26,27)/b6-1-,13-12+/t16-,18+,19+,20+,21-/m0/s1. The van der Waals surface area contributed by atoms with Gasteiger partial charge in [0.2, 0.25) is 0 Å². The number of aliphatic hydroxyl groups is 2. The van der Waals surface area contributed by atoms with Gasteiger partial charge in [-0.05, 0) is 31.4 Å². The van der Waals surface area contributed by atoms with Gasteiger partial charge >= 0.3 is 5.97 Å². The van der Waals surface area contributed by atoms with Gasteiger partial charge in [-0.3, -0.25) is 4.79 Å². The molecule has 0 aliphatic heterocycles. The zero-order valence-corrected chi connectivity index (χ0v) is 15.9. The van der Waals surface area contributed by atoms with Crippen LogP contribution >= 0.6 is 0 Å². The summed E-state index contributed by atoms with van der Waals surface area (Å²) in [6.45, 7) is 0.0799. The molecular formula is C22H29FO5. The molecule has 0 bridgehead atoms. The predicted molar refractivity (Wildman–Crippen MR) is 105 cm³/mol. The van der Waals surface area contributed by atoms with Crippen molar-refractivity contribution in [3.8, 4) is 5.75 Å². The Labute approximate surface area is 165 Å². The summed E-state index contributed by atoms with van der Waals surface area (Å²) in [5.41, 5.74) is 0. The van der Waals surface area contributed by atoms with Crippen LogP contribution in [0.1, 0.15) is 32.1 Å². The Morgan fingerprint density at radius 1 is 1.29 bits per heavy atom. The SMILES string of the molecule is O=C(O)CCC/C=C\C[C@@H]1[C@@H](/C=C/[C@H](O)COc2ccccc2)[C@@H](O)C[C@H]1F. The Bertz CT molecular complexity index is 646. The number of para-hydroxylation sites is 1. The van der Waals surface area contributed by atoms with Gasteiger partial charge in [-0.2, -0.15) is 0 Å². The predicted octanol–water partition coefficient (Wildman–Crippen LogP) is 3.52. The molecule has 2 rings (SSSR count). The van der Waals surface area contributed by atoms with E-state index >= 15 is 0 Å². The normalized spacial score (nSPS) is 26.1. The number of unbranched alkanes of at least 4 members (excludes halogenated alkanes) is 1. The molecule has 0 unspecified atom stereocenters. The van der Waals surface area contributed by atoms with E-state index in [1.54, 1.807) is 24.3 Å². The first-order valence-corrected chi connectivity index (χ1v) is 9.70. The fourth-order valence-electron chi connectivity index (χ4n) is 3.42. The third-order valence-corrected chi connectivity index (χ3v) is 4.93. The molecule has 0 radical (unpaired) electrons. The van der Waals surface area contributed by atoms with Gasteiger partial charge in [0.15, 0.2) is 0 Å². The van der Waals surface area contributed by atoms with Crippen molar-refractivity contribution in [1.82, 2.24) is 0 Å². The summed E-state index contributed by atoms with van der Waals surface area (Å²) < 4.78 is 19.8. The molecule has 0 aromatic heterocycles. The van der Waals surface area contributed by atoms with Crippen molar-refractivity contribution in [2.24, 2.45) is 11.8 Å². The Hall–Kier alpha value is -2.18. The van der Waals surface area contributed by atoms with Crippen LogP contribution in [0.5, 0.6) is 5.75 Å². The number of rotatable bonds is 11. The van der Waals surface area contributed by atoms with E-state index in [9.17, 15) is 19.4 Å². The smallest absolute Gasteiger partial charge is 0.303 e. The first-order valence-electron chi connectivity index (χ1n) is 9.70. The minimum Gasteiger partial charge on any atom is -0.491 e. The van der Waals surface area contributed by atoms with E-state index in [-0.39, 0.29) is 31.3 Å². The third kappa shape index (κ3) is 7.44. The van der Waals surface area contributed by atoms with E-state index < -0.39 is 24.3 Å². The molecule has 154 valence electrons. The number of benzene rings is 1. The highest BCUT2D eigenvalue weighted by Gasteiger charge is 2.40. The van der Waals surface area contributed by atoms with Crippen LogP contribution in [-0.2, 0) is 4.79 Å². The van der Waals surface area contributed by atoms with Gasteiger partial charge in [-0.25, -0.2) is 4.39 Å². The quantitative estimate of drug-likeness (QED) is 0.396. The molecule has 3 N–H and O–H groups in total. The van der Waals surface area contributed by atoms with Crippen LogP contribution in [0.3, 0.4) is 0 Å². The third-order valence-electron chi connectivity index (χ3n) is 4.93. The summed E-state index contributed by atoms with van der Waals surface area (Å²) in [7, 11) is 0. The topological polar surface area (TPSA) is 87.0 Å². The molecule has 1 aromatic carbocycles. The number of ether oxygens (including phenoxy) is 1. The molecule has 5 atom stereocenters. The van der Waals surface area contributed by atoms with E-state index in [0.29, 0.717) is 25.0 Å². The maximum Gasteiger partial charge on any atom is 0.303 e. The van der Waals surface area contributed by atoms with Crippen molar-refractivity contribution >= 4 is 5.97 Å². The average Bonchev–Trinajstić information content (AvgIpc) is 2.94. The van der Waals surface area contributed by atoms with Crippen LogP contribution in [-0.4, -0.2) is 46.3 Å². The van der Waals surface area contributed by atoms with Crippen molar-refractivity contribution in [2.45, 2.75) is 50.5 Å². The van der Waals surface area contributed by atoms with Crippen LogP contribution in [0.4, 0.5) is 4.39 Å². The highest BCUT2D eigenvalue weighted by Crippen LogP contribution is 2.38. The number of allylic oxidation sites excluding steroid dienone is 2. The number of aliphatic carboxylic acids is 1. The lowest BCUT2D eigenvalue weighted by molar-refractivity contribution is -0.137. The van der Waals surface area contributed by atoms with E-state index in [4.69, 9.17) is 9.84 Å². The summed E-state index contributed by atoms with van der Waals surface area (Å²) in [4.78, 5) is 10.5. The van der Waals surface area contributed by atoms with Gasteiger partial charge in [-0.15, -0.1) is 0 Å².